The highest BCUT2D eigenvalue weighted by atomic mass is 16.7. The van der Waals surface area contributed by atoms with E-state index >= 15 is 0 Å². The fourth-order valence-corrected chi connectivity index (χ4v) is 8.23. The minimum Gasteiger partial charge on any atom is -0.458 e. The zero-order valence-electron chi connectivity index (χ0n) is 36.1. The third-order valence-electron chi connectivity index (χ3n) is 11.7. The number of Topliss-reactive ketones (excluding diaryl/α,β-unsaturated/α-hetero) is 1. The van der Waals surface area contributed by atoms with E-state index in [-0.39, 0.29) is 43.4 Å². The van der Waals surface area contributed by atoms with Crippen molar-refractivity contribution in [3.63, 3.8) is 0 Å². The van der Waals surface area contributed by atoms with Gasteiger partial charge in [0, 0.05) is 37.4 Å². The number of carbonyl (C=O) groups is 5. The Morgan fingerprint density at radius 2 is 1.83 bits per heavy atom. The Bertz CT molecular complexity index is 1690. The van der Waals surface area contributed by atoms with Gasteiger partial charge in [0.05, 0.1) is 30.2 Å². The third kappa shape index (κ3) is 12.1. The molecule has 0 unspecified atom stereocenters. The van der Waals surface area contributed by atoms with Crippen molar-refractivity contribution in [3.05, 3.63) is 35.7 Å². The quantitative estimate of drug-likeness (QED) is 0.165. The number of aliphatic hydroxyl groups is 1. The Hall–Kier alpha value is -4.47. The van der Waals surface area contributed by atoms with Crippen LogP contribution in [0, 0.1) is 35.0 Å². The fourth-order valence-electron chi connectivity index (χ4n) is 8.23. The number of esters is 2. The Labute approximate surface area is 347 Å². The van der Waals surface area contributed by atoms with Crippen LogP contribution >= 0.6 is 0 Å². The largest absolute Gasteiger partial charge is 0.458 e. The average molecular weight is 830 g/mol. The molecule has 0 spiro atoms. The van der Waals surface area contributed by atoms with Crippen molar-refractivity contribution in [2.24, 2.45) is 29.4 Å². The summed E-state index contributed by atoms with van der Waals surface area (Å²) in [6.45, 7) is 14.4. The second-order valence-corrected chi connectivity index (χ2v) is 16.5. The van der Waals surface area contributed by atoms with Gasteiger partial charge in [-0.15, -0.1) is 0 Å². The molecule has 2 aliphatic rings. The predicted octanol–water partition coefficient (Wildman–Crippen LogP) is 3.29. The van der Waals surface area contributed by atoms with Gasteiger partial charge >= 0.3 is 18.0 Å². The molecule has 2 fully saturated rings. The topological polar surface area (TPSA) is 239 Å². The maximum Gasteiger partial charge on any atom is 0.408 e. The number of cyclic esters (lactones) is 1. The highest BCUT2D eigenvalue weighted by Crippen LogP contribution is 2.40. The first-order valence-electron chi connectivity index (χ1n) is 20.1. The van der Waals surface area contributed by atoms with Crippen molar-refractivity contribution in [3.8, 4) is 6.07 Å². The number of nitriles is 1. The third-order valence-corrected chi connectivity index (χ3v) is 11.7. The number of hydrogen-bond acceptors (Lipinski definition) is 16. The van der Waals surface area contributed by atoms with Crippen molar-refractivity contribution in [2.45, 2.75) is 142 Å². The van der Waals surface area contributed by atoms with Crippen molar-refractivity contribution in [1.82, 2.24) is 15.2 Å². The van der Waals surface area contributed by atoms with E-state index in [0.717, 1.165) is 0 Å². The molecule has 3 rings (SSSR count). The standard InChI is InChI=1S/C42H63N5O12/c1-12-32-42(9,54-22-48)36(44)25(4)33(50)23(2)19-41(8,59-40(53)45-17-13-14-29-15-16-30(20-43)46-21-29)37(26(5)34(51)27(6)38(52)57-32)58-39-35(56-28(7)49)31(47(10)11)18-24(3)55-39/h13-16,21-27,31-32,34-37,39,51H,12,17-19,44H2,1-11H3,(H,45,53)/b14-13+/t23-,24-,25+,26+,27-,31+,32-,34+,35-,36-,37-,39+,41-,42-/m1/s1. The van der Waals surface area contributed by atoms with Crippen LogP contribution in [0.4, 0.5) is 4.79 Å². The number of hydrogen-bond donors (Lipinski definition) is 3. The smallest absolute Gasteiger partial charge is 0.408 e. The lowest BCUT2D eigenvalue weighted by Gasteiger charge is -2.48. The summed E-state index contributed by atoms with van der Waals surface area (Å²) in [6.07, 6.45) is -2.14. The molecule has 59 heavy (non-hydrogen) atoms. The average Bonchev–Trinajstić information content (AvgIpc) is 3.18. The zero-order chi connectivity index (χ0) is 44.4. The molecule has 1 amide bonds. The lowest BCUT2D eigenvalue weighted by molar-refractivity contribution is -0.300. The SMILES string of the molecule is CC[C@H]1OC(=O)[C@H](C)[C@@H](O)[C@H](C)[C@@H](O[C@@H]2O[C@H](C)C[C@H](N(C)C)[C@H]2OC(C)=O)[C@](C)(OC(=O)NC/C=C/c2ccc(C#N)nc2)C[C@@H](C)C(=O)[C@H](C)[C@@H](N)[C@]1(C)OC=O. The summed E-state index contributed by atoms with van der Waals surface area (Å²) < 4.78 is 36.6. The number of likely N-dealkylation sites (N-methyl/N-ethyl adjacent to an activating group) is 1. The van der Waals surface area contributed by atoms with Gasteiger partial charge in [-0.25, -0.2) is 9.78 Å². The molecule has 4 N–H and O–H groups in total. The molecule has 0 bridgehead atoms. The van der Waals surface area contributed by atoms with E-state index in [1.807, 2.05) is 32.0 Å². The van der Waals surface area contributed by atoms with Gasteiger partial charge in [0.2, 0.25) is 0 Å². The van der Waals surface area contributed by atoms with E-state index in [9.17, 15) is 29.1 Å². The van der Waals surface area contributed by atoms with Crippen LogP contribution in [0.5, 0.6) is 0 Å². The molecule has 14 atom stereocenters. The first-order valence-corrected chi connectivity index (χ1v) is 20.1. The fraction of sp³-hybridized carbons (Fsp3) is 0.690. The van der Waals surface area contributed by atoms with Crippen molar-refractivity contribution < 1.29 is 57.5 Å². The van der Waals surface area contributed by atoms with Gasteiger partial charge in [-0.3, -0.25) is 19.2 Å². The summed E-state index contributed by atoms with van der Waals surface area (Å²) in [5.74, 6) is -5.93. The van der Waals surface area contributed by atoms with Gasteiger partial charge in [0.25, 0.3) is 6.47 Å². The molecular weight excluding hydrogens is 766 g/mol. The molecule has 328 valence electrons. The van der Waals surface area contributed by atoms with Gasteiger partial charge in [-0.05, 0) is 72.7 Å². The lowest BCUT2D eigenvalue weighted by Crippen LogP contribution is -2.63. The molecule has 2 saturated heterocycles. The predicted molar refractivity (Wildman–Crippen MR) is 214 cm³/mol. The molecule has 0 radical (unpaired) electrons. The van der Waals surface area contributed by atoms with Crippen LogP contribution in [-0.4, -0.2) is 126 Å². The summed E-state index contributed by atoms with van der Waals surface area (Å²) in [5.41, 5.74) is 4.25. The Balaban J connectivity index is 2.17. The number of nitrogens with two attached hydrogens (primary N) is 1. The van der Waals surface area contributed by atoms with Crippen LogP contribution < -0.4 is 11.1 Å². The maximum absolute atomic E-state index is 14.4. The molecule has 1 aromatic rings. The second-order valence-electron chi connectivity index (χ2n) is 16.5. The summed E-state index contributed by atoms with van der Waals surface area (Å²) >= 11 is 0. The number of amides is 1. The van der Waals surface area contributed by atoms with Gasteiger partial charge < -0.3 is 49.5 Å². The Kier molecular flexibility index (Phi) is 17.5. The van der Waals surface area contributed by atoms with Gasteiger partial charge in [0.15, 0.2) is 18.0 Å². The van der Waals surface area contributed by atoms with Crippen LogP contribution in [0.2, 0.25) is 0 Å². The van der Waals surface area contributed by atoms with E-state index in [1.165, 1.54) is 27.0 Å². The number of pyridine rings is 1. The van der Waals surface area contributed by atoms with Crippen LogP contribution in [0.25, 0.3) is 6.08 Å². The molecule has 0 saturated carbocycles. The molecule has 0 aromatic carbocycles. The number of nitrogens with zero attached hydrogens (tertiary/aromatic N) is 3. The number of nitrogens with one attached hydrogen (secondary N) is 1. The number of ether oxygens (including phenoxy) is 6. The molecule has 1 aromatic heterocycles. The highest BCUT2D eigenvalue weighted by molar-refractivity contribution is 5.84. The van der Waals surface area contributed by atoms with Gasteiger partial charge in [-0.1, -0.05) is 45.9 Å². The summed E-state index contributed by atoms with van der Waals surface area (Å²) in [4.78, 5) is 72.3. The first kappa shape index (κ1) is 48.9. The van der Waals surface area contributed by atoms with Crippen molar-refractivity contribution in [1.29, 1.82) is 5.26 Å². The summed E-state index contributed by atoms with van der Waals surface area (Å²) in [6, 6.07) is 3.68. The number of aliphatic hydroxyl groups excluding tert-OH is 1. The van der Waals surface area contributed by atoms with Gasteiger partial charge in [0.1, 0.15) is 35.4 Å². The van der Waals surface area contributed by atoms with Crippen molar-refractivity contribution in [2.75, 3.05) is 20.6 Å². The molecule has 17 nitrogen and oxygen atoms in total. The number of rotatable bonds is 11. The molecular formula is C42H63N5O12. The molecule has 3 heterocycles. The van der Waals surface area contributed by atoms with Crippen LogP contribution in [0.1, 0.15) is 92.8 Å². The first-order chi connectivity index (χ1) is 27.6. The van der Waals surface area contributed by atoms with E-state index in [4.69, 9.17) is 39.4 Å². The number of aromatic nitrogens is 1. The molecule has 17 heteroatoms. The summed E-state index contributed by atoms with van der Waals surface area (Å²) in [7, 11) is 3.66. The number of alkyl carbamates (subject to hydrolysis) is 1. The van der Waals surface area contributed by atoms with E-state index < -0.39 is 95.8 Å². The van der Waals surface area contributed by atoms with Gasteiger partial charge in [-0.2, -0.15) is 5.26 Å². The van der Waals surface area contributed by atoms with E-state index in [0.29, 0.717) is 12.0 Å². The monoisotopic (exact) mass is 829 g/mol. The highest BCUT2D eigenvalue weighted by Gasteiger charge is 2.54. The van der Waals surface area contributed by atoms with Crippen LogP contribution in [-0.2, 0) is 47.6 Å². The summed E-state index contributed by atoms with van der Waals surface area (Å²) in [5, 5.41) is 23.8. The second kappa shape index (κ2) is 21.2. The Morgan fingerprint density at radius 3 is 2.39 bits per heavy atom. The number of ketones is 1. The minimum atomic E-state index is -1.76. The minimum absolute atomic E-state index is 0.00192. The van der Waals surface area contributed by atoms with Crippen molar-refractivity contribution >= 4 is 36.4 Å². The van der Waals surface area contributed by atoms with E-state index in [2.05, 4.69) is 10.3 Å². The molecule has 2 aliphatic heterocycles. The van der Waals surface area contributed by atoms with E-state index in [1.54, 1.807) is 58.9 Å². The lowest BCUT2D eigenvalue weighted by atomic mass is 9.73. The normalized spacial score (nSPS) is 36.2. The van der Waals surface area contributed by atoms with Crippen LogP contribution in [0.15, 0.2) is 24.4 Å². The van der Waals surface area contributed by atoms with Crippen LogP contribution in [0.3, 0.4) is 0 Å². The number of carbonyl (C=O) groups excluding carboxylic acids is 5. The molecule has 0 aliphatic carbocycles. The Morgan fingerprint density at radius 1 is 1.15 bits per heavy atom. The zero-order valence-corrected chi connectivity index (χ0v) is 36.1. The maximum atomic E-state index is 14.4.